The predicted octanol–water partition coefficient (Wildman–Crippen LogP) is 2.45. The number of carbonyl (C=O) groups excluding carboxylic acids is 1. The molecule has 0 bridgehead atoms. The van der Waals surface area contributed by atoms with E-state index in [9.17, 15) is 4.79 Å². The van der Waals surface area contributed by atoms with Crippen LogP contribution in [0.1, 0.15) is 35.8 Å². The van der Waals surface area contributed by atoms with Crippen LogP contribution in [0.2, 0.25) is 0 Å². The molecule has 6 heteroatoms. The number of carbonyl (C=O) groups is 1. The average Bonchev–Trinajstić information content (AvgIpc) is 3.26. The van der Waals surface area contributed by atoms with Crippen LogP contribution in [-0.4, -0.2) is 41.6 Å². The molecule has 1 aromatic carbocycles. The maximum Gasteiger partial charge on any atom is 0.273 e. The van der Waals surface area contributed by atoms with E-state index in [2.05, 4.69) is 22.3 Å². The van der Waals surface area contributed by atoms with E-state index in [4.69, 9.17) is 9.26 Å². The van der Waals surface area contributed by atoms with Crippen LogP contribution in [0.4, 0.5) is 0 Å². The van der Waals surface area contributed by atoms with Gasteiger partial charge in [0.05, 0.1) is 11.1 Å². The Balaban J connectivity index is 1.50. The summed E-state index contributed by atoms with van der Waals surface area (Å²) < 4.78 is 11.2. The number of ether oxygens (including phenoxy) is 1. The molecule has 0 radical (unpaired) electrons. The molecule has 1 N–H and O–H groups in total. The van der Waals surface area contributed by atoms with Crippen molar-refractivity contribution in [3.05, 3.63) is 35.5 Å². The monoisotopic (exact) mass is 327 g/mol. The smallest absolute Gasteiger partial charge is 0.273 e. The van der Waals surface area contributed by atoms with Crippen molar-refractivity contribution < 1.29 is 14.1 Å². The number of likely N-dealkylation sites (tertiary alicyclic amines) is 1. The zero-order valence-electron chi connectivity index (χ0n) is 13.7. The highest BCUT2D eigenvalue weighted by atomic mass is 16.5. The number of fused-ring (bicyclic) bond motifs is 3. The first-order chi connectivity index (χ1) is 11.8. The molecule has 6 nitrogen and oxygen atoms in total. The molecule has 126 valence electrons. The summed E-state index contributed by atoms with van der Waals surface area (Å²) in [5.74, 6) is 1.21. The highest BCUT2D eigenvalue weighted by molar-refractivity contribution is 5.95. The Labute approximate surface area is 140 Å². The van der Waals surface area contributed by atoms with E-state index in [1.165, 1.54) is 6.42 Å². The van der Waals surface area contributed by atoms with Gasteiger partial charge < -0.3 is 14.6 Å². The van der Waals surface area contributed by atoms with Crippen LogP contribution in [0.3, 0.4) is 0 Å². The maximum absolute atomic E-state index is 12.5. The number of hydrogen-bond donors (Lipinski definition) is 1. The van der Waals surface area contributed by atoms with Gasteiger partial charge in [0.2, 0.25) is 0 Å². The van der Waals surface area contributed by atoms with Crippen molar-refractivity contribution in [3.63, 3.8) is 0 Å². The Morgan fingerprint density at radius 2 is 2.29 bits per heavy atom. The van der Waals surface area contributed by atoms with Gasteiger partial charge in [0.25, 0.3) is 5.91 Å². The Morgan fingerprint density at radius 3 is 3.17 bits per heavy atom. The second-order valence-corrected chi connectivity index (χ2v) is 6.26. The van der Waals surface area contributed by atoms with Gasteiger partial charge >= 0.3 is 0 Å². The zero-order chi connectivity index (χ0) is 16.5. The van der Waals surface area contributed by atoms with Gasteiger partial charge in [0, 0.05) is 12.6 Å². The first kappa shape index (κ1) is 15.2. The number of nitrogens with one attached hydrogen (secondary N) is 1. The number of para-hydroxylation sites is 1. The molecule has 2 aliphatic rings. The lowest BCUT2D eigenvalue weighted by molar-refractivity contribution is 0.0930. The minimum Gasteiger partial charge on any atom is -0.488 e. The fraction of sp³-hybridized carbons (Fsp3) is 0.444. The molecule has 2 aliphatic heterocycles. The van der Waals surface area contributed by atoms with Crippen LogP contribution in [0, 0.1) is 0 Å². The molecule has 3 heterocycles. The quantitative estimate of drug-likeness (QED) is 0.934. The minimum absolute atomic E-state index is 0.189. The number of amides is 1. The van der Waals surface area contributed by atoms with Gasteiger partial charge in [-0.2, -0.15) is 0 Å². The fourth-order valence-corrected chi connectivity index (χ4v) is 3.60. The molecule has 0 unspecified atom stereocenters. The van der Waals surface area contributed by atoms with Crippen molar-refractivity contribution in [2.45, 2.75) is 32.4 Å². The Hall–Kier alpha value is -2.34. The fourth-order valence-electron chi connectivity index (χ4n) is 3.60. The van der Waals surface area contributed by atoms with E-state index in [1.807, 2.05) is 24.3 Å². The molecule has 1 atom stereocenters. The summed E-state index contributed by atoms with van der Waals surface area (Å²) in [5.41, 5.74) is 1.91. The third kappa shape index (κ3) is 2.57. The number of nitrogens with zero attached hydrogens (tertiary/aromatic N) is 2. The zero-order valence-corrected chi connectivity index (χ0v) is 13.7. The molecule has 0 saturated carbocycles. The van der Waals surface area contributed by atoms with Gasteiger partial charge in [0.15, 0.2) is 11.5 Å². The number of benzene rings is 1. The summed E-state index contributed by atoms with van der Waals surface area (Å²) in [6, 6.07) is 8.05. The molecule has 0 aliphatic carbocycles. The van der Waals surface area contributed by atoms with Crippen molar-refractivity contribution in [2.24, 2.45) is 0 Å². The van der Waals surface area contributed by atoms with Crippen LogP contribution < -0.4 is 10.1 Å². The number of rotatable bonds is 4. The summed E-state index contributed by atoms with van der Waals surface area (Å²) in [7, 11) is 0. The standard InChI is InChI=1S/C18H21N3O3/c1-2-21-9-5-6-12(21)10-19-18(22)16-14-11-23-15-8-4-3-7-13(15)17(14)24-20-16/h3-4,7-8,12H,2,5-6,9-11H2,1H3,(H,19,22)/t12-/m1/s1. The van der Waals surface area contributed by atoms with Gasteiger partial charge in [-0.3, -0.25) is 9.69 Å². The summed E-state index contributed by atoms with van der Waals surface area (Å²) >= 11 is 0. The molecule has 1 saturated heterocycles. The summed E-state index contributed by atoms with van der Waals surface area (Å²) in [6.07, 6.45) is 2.32. The largest absolute Gasteiger partial charge is 0.488 e. The Bertz CT molecular complexity index is 756. The van der Waals surface area contributed by atoms with Crippen LogP contribution in [-0.2, 0) is 6.61 Å². The van der Waals surface area contributed by atoms with Gasteiger partial charge in [0.1, 0.15) is 12.4 Å². The Kier molecular flexibility index (Phi) is 3.98. The second kappa shape index (κ2) is 6.28. The highest BCUT2D eigenvalue weighted by Crippen LogP contribution is 2.38. The van der Waals surface area contributed by atoms with Gasteiger partial charge in [-0.1, -0.05) is 24.2 Å². The van der Waals surface area contributed by atoms with Gasteiger partial charge in [-0.15, -0.1) is 0 Å². The molecular weight excluding hydrogens is 306 g/mol. The SMILES string of the molecule is CCN1CCC[C@@H]1CNC(=O)c1noc2c1COc1ccccc1-2. The van der Waals surface area contributed by atoms with Gasteiger partial charge in [-0.05, 0) is 38.1 Å². The summed E-state index contributed by atoms with van der Waals surface area (Å²) in [6.45, 7) is 5.24. The van der Waals surface area contributed by atoms with Crippen LogP contribution in [0.15, 0.2) is 28.8 Å². The maximum atomic E-state index is 12.5. The van der Waals surface area contributed by atoms with Crippen molar-refractivity contribution in [1.82, 2.24) is 15.4 Å². The predicted molar refractivity (Wildman–Crippen MR) is 88.9 cm³/mol. The lowest BCUT2D eigenvalue weighted by atomic mass is 10.0. The molecule has 4 rings (SSSR count). The van der Waals surface area contributed by atoms with Crippen molar-refractivity contribution >= 4 is 5.91 Å². The highest BCUT2D eigenvalue weighted by Gasteiger charge is 2.29. The first-order valence-electron chi connectivity index (χ1n) is 8.51. The summed E-state index contributed by atoms with van der Waals surface area (Å²) in [5, 5.41) is 7.01. The lowest BCUT2D eigenvalue weighted by Crippen LogP contribution is -2.40. The van der Waals surface area contributed by atoms with E-state index in [0.29, 0.717) is 30.6 Å². The number of aromatic nitrogens is 1. The van der Waals surface area contributed by atoms with Crippen LogP contribution in [0.5, 0.6) is 5.75 Å². The van der Waals surface area contributed by atoms with E-state index in [-0.39, 0.29) is 5.91 Å². The molecule has 24 heavy (non-hydrogen) atoms. The van der Waals surface area contributed by atoms with E-state index >= 15 is 0 Å². The van der Waals surface area contributed by atoms with Crippen LogP contribution >= 0.6 is 0 Å². The molecule has 0 spiro atoms. The second-order valence-electron chi connectivity index (χ2n) is 6.26. The van der Waals surface area contributed by atoms with Gasteiger partial charge in [-0.25, -0.2) is 0 Å². The minimum atomic E-state index is -0.189. The molecule has 1 fully saturated rings. The third-order valence-corrected chi connectivity index (χ3v) is 4.91. The molecular formula is C18H21N3O3. The molecule has 1 amide bonds. The van der Waals surface area contributed by atoms with Crippen molar-refractivity contribution in [2.75, 3.05) is 19.6 Å². The van der Waals surface area contributed by atoms with E-state index in [1.54, 1.807) is 0 Å². The molecule has 1 aromatic heterocycles. The number of hydrogen-bond acceptors (Lipinski definition) is 5. The third-order valence-electron chi connectivity index (χ3n) is 4.91. The topological polar surface area (TPSA) is 67.6 Å². The van der Waals surface area contributed by atoms with Crippen molar-refractivity contribution in [3.8, 4) is 17.1 Å². The average molecular weight is 327 g/mol. The summed E-state index contributed by atoms with van der Waals surface area (Å²) in [4.78, 5) is 14.9. The van der Waals surface area contributed by atoms with Crippen molar-refractivity contribution in [1.29, 1.82) is 0 Å². The van der Waals surface area contributed by atoms with Crippen LogP contribution in [0.25, 0.3) is 11.3 Å². The van der Waals surface area contributed by atoms with E-state index in [0.717, 1.165) is 36.4 Å². The first-order valence-corrected chi connectivity index (χ1v) is 8.51. The van der Waals surface area contributed by atoms with E-state index < -0.39 is 0 Å². The Morgan fingerprint density at radius 1 is 1.42 bits per heavy atom. The lowest BCUT2D eigenvalue weighted by Gasteiger charge is -2.22. The molecule has 2 aromatic rings. The normalized spacial score (nSPS) is 19.5. The number of likely N-dealkylation sites (N-methyl/N-ethyl adjacent to an activating group) is 1.